The topological polar surface area (TPSA) is 104 Å². The van der Waals surface area contributed by atoms with Crippen LogP contribution in [0.4, 0.5) is 0 Å². The molecule has 0 heterocycles. The second-order valence-corrected chi connectivity index (χ2v) is 5.96. The van der Waals surface area contributed by atoms with Crippen LogP contribution in [0.15, 0.2) is 29.2 Å². The van der Waals surface area contributed by atoms with Gasteiger partial charge in [-0.05, 0) is 31.0 Å². The van der Waals surface area contributed by atoms with E-state index in [9.17, 15) is 13.2 Å². The number of carboxylic acids is 1. The summed E-state index contributed by atoms with van der Waals surface area (Å²) in [6, 6.07) is 5.45. The molecule has 1 aromatic rings. The lowest BCUT2D eigenvalue weighted by molar-refractivity contribution is -0.136. The Morgan fingerprint density at radius 2 is 1.89 bits per heavy atom. The van der Waals surface area contributed by atoms with E-state index in [0.717, 1.165) is 5.56 Å². The minimum atomic E-state index is -3.65. The Hall–Kier alpha value is -1.44. The zero-order valence-electron chi connectivity index (χ0n) is 10.5. The summed E-state index contributed by atoms with van der Waals surface area (Å²) in [7, 11) is -3.65. The molecule has 0 saturated heterocycles. The molecule has 0 saturated carbocycles. The highest BCUT2D eigenvalue weighted by Crippen LogP contribution is 2.12. The first-order valence-electron chi connectivity index (χ1n) is 5.79. The molecule has 0 aliphatic heterocycles. The minimum Gasteiger partial charge on any atom is -0.481 e. The Morgan fingerprint density at radius 1 is 1.32 bits per heavy atom. The van der Waals surface area contributed by atoms with Crippen LogP contribution in [0.1, 0.15) is 18.9 Å². The lowest BCUT2D eigenvalue weighted by atomic mass is 10.1. The number of rotatable bonds is 7. The first-order chi connectivity index (χ1) is 8.85. The third kappa shape index (κ3) is 4.98. The predicted octanol–water partition coefficient (Wildman–Crippen LogP) is 0.363. The number of aryl methyl sites for hydroxylation is 1. The summed E-state index contributed by atoms with van der Waals surface area (Å²) in [6.45, 7) is 1.27. The molecular formula is C12H17NO5S. The predicted molar refractivity (Wildman–Crippen MR) is 69.3 cm³/mol. The van der Waals surface area contributed by atoms with E-state index in [4.69, 9.17) is 10.2 Å². The van der Waals surface area contributed by atoms with Gasteiger partial charge in [0, 0.05) is 12.5 Å². The van der Waals surface area contributed by atoms with Gasteiger partial charge >= 0.3 is 5.97 Å². The van der Waals surface area contributed by atoms with E-state index in [-0.39, 0.29) is 17.9 Å². The van der Waals surface area contributed by atoms with E-state index in [2.05, 4.69) is 4.72 Å². The van der Waals surface area contributed by atoms with Crippen LogP contribution in [0.25, 0.3) is 0 Å². The van der Waals surface area contributed by atoms with Crippen LogP contribution in [0.2, 0.25) is 0 Å². The highest BCUT2D eigenvalue weighted by molar-refractivity contribution is 7.89. The van der Waals surface area contributed by atoms with Crippen LogP contribution in [-0.2, 0) is 21.2 Å². The average Bonchev–Trinajstić information content (AvgIpc) is 2.36. The largest absolute Gasteiger partial charge is 0.481 e. The molecule has 1 rings (SSSR count). The maximum atomic E-state index is 11.9. The van der Waals surface area contributed by atoms with Gasteiger partial charge in [0.25, 0.3) is 0 Å². The highest BCUT2D eigenvalue weighted by atomic mass is 32.2. The van der Waals surface area contributed by atoms with Crippen molar-refractivity contribution in [3.8, 4) is 0 Å². The fraction of sp³-hybridized carbons (Fsp3) is 0.417. The van der Waals surface area contributed by atoms with Crippen molar-refractivity contribution in [3.05, 3.63) is 29.8 Å². The maximum absolute atomic E-state index is 11.9. The van der Waals surface area contributed by atoms with E-state index in [1.165, 1.54) is 12.1 Å². The van der Waals surface area contributed by atoms with Crippen molar-refractivity contribution in [1.82, 2.24) is 4.72 Å². The van der Waals surface area contributed by atoms with Crippen molar-refractivity contribution in [1.29, 1.82) is 0 Å². The standard InChI is InChI=1S/C12H17NO5S/c1-9(8-14)13-19(17,18)11-5-2-10(3-6-11)4-7-12(15)16/h2-3,5-6,9,13-14H,4,7-8H2,1H3,(H,15,16)/t9-/m0/s1. The number of hydrogen-bond donors (Lipinski definition) is 3. The van der Waals surface area contributed by atoms with Crippen molar-refractivity contribution in [2.75, 3.05) is 6.61 Å². The molecule has 1 aromatic carbocycles. The van der Waals surface area contributed by atoms with Gasteiger partial charge in [-0.1, -0.05) is 12.1 Å². The second-order valence-electron chi connectivity index (χ2n) is 4.24. The number of nitrogens with one attached hydrogen (secondary N) is 1. The summed E-state index contributed by atoms with van der Waals surface area (Å²) in [5.74, 6) is -0.893. The third-order valence-corrected chi connectivity index (χ3v) is 4.10. The van der Waals surface area contributed by atoms with E-state index < -0.39 is 22.0 Å². The SMILES string of the molecule is C[C@@H](CO)NS(=O)(=O)c1ccc(CCC(=O)O)cc1. The summed E-state index contributed by atoms with van der Waals surface area (Å²) >= 11 is 0. The van der Waals surface area contributed by atoms with Crippen molar-refractivity contribution >= 4 is 16.0 Å². The number of carbonyl (C=O) groups is 1. The fourth-order valence-corrected chi connectivity index (χ4v) is 2.69. The Labute approximate surface area is 112 Å². The van der Waals surface area contributed by atoms with Gasteiger partial charge in [0.15, 0.2) is 0 Å². The molecule has 106 valence electrons. The molecule has 0 aromatic heterocycles. The molecule has 0 radical (unpaired) electrons. The zero-order valence-corrected chi connectivity index (χ0v) is 11.4. The van der Waals surface area contributed by atoms with Crippen LogP contribution in [-0.4, -0.2) is 37.2 Å². The summed E-state index contributed by atoms with van der Waals surface area (Å²) in [6.07, 6.45) is 0.363. The minimum absolute atomic E-state index is 0.00585. The molecule has 19 heavy (non-hydrogen) atoms. The number of sulfonamides is 1. The van der Waals surface area contributed by atoms with Crippen LogP contribution in [0, 0.1) is 0 Å². The van der Waals surface area contributed by atoms with Crippen molar-refractivity contribution in [2.24, 2.45) is 0 Å². The smallest absolute Gasteiger partial charge is 0.303 e. The number of aliphatic carboxylic acids is 1. The summed E-state index contributed by atoms with van der Waals surface area (Å²) in [4.78, 5) is 10.5. The molecule has 1 atom stereocenters. The van der Waals surface area contributed by atoms with Gasteiger partial charge in [-0.2, -0.15) is 0 Å². The van der Waals surface area contributed by atoms with Gasteiger partial charge in [0.05, 0.1) is 11.5 Å². The Balaban J connectivity index is 2.77. The normalized spacial score (nSPS) is 13.2. The van der Waals surface area contributed by atoms with Crippen LogP contribution in [0.3, 0.4) is 0 Å². The number of aliphatic hydroxyl groups excluding tert-OH is 1. The first kappa shape index (κ1) is 15.6. The molecule has 0 amide bonds. The number of benzene rings is 1. The first-order valence-corrected chi connectivity index (χ1v) is 7.27. The Bertz CT molecular complexity index is 524. The second kappa shape index (κ2) is 6.65. The number of carboxylic acid groups (broad SMARTS) is 1. The summed E-state index contributed by atoms with van der Waals surface area (Å²) < 4.78 is 26.0. The van der Waals surface area contributed by atoms with Gasteiger partial charge in [0.1, 0.15) is 0 Å². The fourth-order valence-electron chi connectivity index (χ4n) is 1.46. The summed E-state index contributed by atoms with van der Waals surface area (Å²) in [5.41, 5.74) is 0.761. The number of aliphatic hydroxyl groups is 1. The Morgan fingerprint density at radius 3 is 2.37 bits per heavy atom. The van der Waals surface area contributed by atoms with Crippen LogP contribution in [0.5, 0.6) is 0 Å². The quantitative estimate of drug-likeness (QED) is 0.672. The van der Waals surface area contributed by atoms with E-state index >= 15 is 0 Å². The molecular weight excluding hydrogens is 270 g/mol. The Kier molecular flexibility index (Phi) is 5.46. The average molecular weight is 287 g/mol. The maximum Gasteiger partial charge on any atom is 0.303 e. The van der Waals surface area contributed by atoms with E-state index in [1.807, 2.05) is 0 Å². The molecule has 3 N–H and O–H groups in total. The van der Waals surface area contributed by atoms with E-state index in [1.54, 1.807) is 19.1 Å². The summed E-state index contributed by atoms with van der Waals surface area (Å²) in [5, 5.41) is 17.4. The monoisotopic (exact) mass is 287 g/mol. The molecule has 6 nitrogen and oxygen atoms in total. The van der Waals surface area contributed by atoms with Gasteiger partial charge in [-0.25, -0.2) is 13.1 Å². The van der Waals surface area contributed by atoms with Gasteiger partial charge in [0.2, 0.25) is 10.0 Å². The molecule has 0 unspecified atom stereocenters. The van der Waals surface area contributed by atoms with Crippen molar-refractivity contribution < 1.29 is 23.4 Å². The van der Waals surface area contributed by atoms with Gasteiger partial charge in [-0.3, -0.25) is 4.79 Å². The number of hydrogen-bond acceptors (Lipinski definition) is 4. The molecule has 0 aliphatic carbocycles. The molecule has 0 spiro atoms. The molecule has 0 fully saturated rings. The molecule has 0 bridgehead atoms. The van der Waals surface area contributed by atoms with Gasteiger partial charge < -0.3 is 10.2 Å². The third-order valence-electron chi connectivity index (χ3n) is 2.49. The van der Waals surface area contributed by atoms with Crippen LogP contribution < -0.4 is 4.72 Å². The molecule has 7 heteroatoms. The van der Waals surface area contributed by atoms with Crippen LogP contribution >= 0.6 is 0 Å². The zero-order chi connectivity index (χ0) is 14.5. The van der Waals surface area contributed by atoms with Gasteiger partial charge in [-0.15, -0.1) is 0 Å². The van der Waals surface area contributed by atoms with E-state index in [0.29, 0.717) is 6.42 Å². The van der Waals surface area contributed by atoms with Crippen molar-refractivity contribution in [3.63, 3.8) is 0 Å². The molecule has 0 aliphatic rings. The highest BCUT2D eigenvalue weighted by Gasteiger charge is 2.16. The lowest BCUT2D eigenvalue weighted by Crippen LogP contribution is -2.34. The lowest BCUT2D eigenvalue weighted by Gasteiger charge is -2.11. The van der Waals surface area contributed by atoms with Crippen molar-refractivity contribution in [2.45, 2.75) is 30.7 Å².